The molecule has 0 aromatic carbocycles. The van der Waals surface area contributed by atoms with E-state index in [9.17, 15) is 0 Å². The summed E-state index contributed by atoms with van der Waals surface area (Å²) >= 11 is 0. The van der Waals surface area contributed by atoms with Crippen LogP contribution in [0.2, 0.25) is 0 Å². The van der Waals surface area contributed by atoms with Gasteiger partial charge >= 0.3 is 0 Å². The average Bonchev–Trinajstić information content (AvgIpc) is 2.28. The lowest BCUT2D eigenvalue weighted by molar-refractivity contribution is 0.196. The highest BCUT2D eigenvalue weighted by atomic mass is 16.5. The fraction of sp³-hybridized carbons (Fsp3) is 0.615. The third kappa shape index (κ3) is 3.68. The highest BCUT2D eigenvalue weighted by Gasteiger charge is 2.10. The summed E-state index contributed by atoms with van der Waals surface area (Å²) in [4.78, 5) is 6.68. The third-order valence-electron chi connectivity index (χ3n) is 2.89. The van der Waals surface area contributed by atoms with Crippen molar-refractivity contribution in [2.24, 2.45) is 5.73 Å². The average molecular weight is 237 g/mol. The Morgan fingerprint density at radius 1 is 1.41 bits per heavy atom. The standard InChI is InChI=1S/C13H23N3O/c1-10-8-13(12(9-14)11(2)15-10)16(3)6-5-7-17-4/h8H,5-7,9,14H2,1-4H3. The van der Waals surface area contributed by atoms with Crippen LogP contribution in [0, 0.1) is 13.8 Å². The zero-order chi connectivity index (χ0) is 12.8. The van der Waals surface area contributed by atoms with Crippen LogP contribution in [0.3, 0.4) is 0 Å². The first-order valence-corrected chi connectivity index (χ1v) is 5.97. The van der Waals surface area contributed by atoms with E-state index < -0.39 is 0 Å². The van der Waals surface area contributed by atoms with Crippen molar-refractivity contribution in [3.63, 3.8) is 0 Å². The van der Waals surface area contributed by atoms with Gasteiger partial charge in [0.2, 0.25) is 0 Å². The number of rotatable bonds is 6. The Hall–Kier alpha value is -1.13. The smallest absolute Gasteiger partial charge is 0.0479 e. The van der Waals surface area contributed by atoms with E-state index in [0.29, 0.717) is 6.54 Å². The summed E-state index contributed by atoms with van der Waals surface area (Å²) in [6.07, 6.45) is 1.01. The summed E-state index contributed by atoms with van der Waals surface area (Å²) in [7, 11) is 3.81. The molecule has 96 valence electrons. The summed E-state index contributed by atoms with van der Waals surface area (Å²) in [5, 5.41) is 0. The van der Waals surface area contributed by atoms with Gasteiger partial charge < -0.3 is 15.4 Å². The molecule has 0 unspecified atom stereocenters. The second kappa shape index (κ2) is 6.57. The number of ether oxygens (including phenoxy) is 1. The van der Waals surface area contributed by atoms with E-state index in [2.05, 4.69) is 23.0 Å². The van der Waals surface area contributed by atoms with E-state index in [-0.39, 0.29) is 0 Å². The van der Waals surface area contributed by atoms with E-state index >= 15 is 0 Å². The first-order valence-electron chi connectivity index (χ1n) is 5.97. The van der Waals surface area contributed by atoms with Gasteiger partial charge in [0.05, 0.1) is 0 Å². The van der Waals surface area contributed by atoms with Crippen molar-refractivity contribution in [1.29, 1.82) is 0 Å². The number of aryl methyl sites for hydroxylation is 2. The van der Waals surface area contributed by atoms with Gasteiger partial charge in [-0.15, -0.1) is 0 Å². The molecule has 0 aliphatic heterocycles. The van der Waals surface area contributed by atoms with Gasteiger partial charge in [0.1, 0.15) is 0 Å². The predicted molar refractivity (Wildman–Crippen MR) is 71.4 cm³/mol. The molecule has 1 aromatic rings. The van der Waals surface area contributed by atoms with Gasteiger partial charge in [0.25, 0.3) is 0 Å². The fourth-order valence-corrected chi connectivity index (χ4v) is 1.99. The lowest BCUT2D eigenvalue weighted by Crippen LogP contribution is -2.22. The quantitative estimate of drug-likeness (QED) is 0.764. The molecule has 0 fully saturated rings. The number of aromatic nitrogens is 1. The van der Waals surface area contributed by atoms with E-state index in [0.717, 1.165) is 36.5 Å². The third-order valence-corrected chi connectivity index (χ3v) is 2.89. The molecule has 0 saturated carbocycles. The van der Waals surface area contributed by atoms with Gasteiger partial charge in [0.15, 0.2) is 0 Å². The van der Waals surface area contributed by atoms with E-state index in [1.54, 1.807) is 7.11 Å². The molecule has 1 aromatic heterocycles. The second-order valence-electron chi connectivity index (χ2n) is 4.32. The van der Waals surface area contributed by atoms with E-state index in [1.165, 1.54) is 5.69 Å². The normalized spacial score (nSPS) is 10.6. The SMILES string of the molecule is COCCCN(C)c1cc(C)nc(C)c1CN. The summed E-state index contributed by atoms with van der Waals surface area (Å²) in [5.41, 5.74) is 10.2. The van der Waals surface area contributed by atoms with Crippen LogP contribution < -0.4 is 10.6 Å². The minimum atomic E-state index is 0.531. The molecule has 0 bridgehead atoms. The van der Waals surface area contributed by atoms with Crippen LogP contribution >= 0.6 is 0 Å². The Kier molecular flexibility index (Phi) is 5.38. The van der Waals surface area contributed by atoms with E-state index in [4.69, 9.17) is 10.5 Å². The topological polar surface area (TPSA) is 51.4 Å². The molecule has 0 aliphatic rings. The number of anilines is 1. The molecular weight excluding hydrogens is 214 g/mol. The lowest BCUT2D eigenvalue weighted by Gasteiger charge is -2.23. The summed E-state index contributed by atoms with van der Waals surface area (Å²) < 4.78 is 5.07. The number of hydrogen-bond donors (Lipinski definition) is 1. The molecule has 0 atom stereocenters. The number of methoxy groups -OCH3 is 1. The van der Waals surface area contributed by atoms with Gasteiger partial charge in [-0.05, 0) is 26.3 Å². The Labute approximate surface area is 104 Å². The summed E-state index contributed by atoms with van der Waals surface area (Å²) in [6.45, 7) is 6.31. The molecule has 0 amide bonds. The minimum Gasteiger partial charge on any atom is -0.385 e. The lowest BCUT2D eigenvalue weighted by atomic mass is 10.1. The maximum Gasteiger partial charge on any atom is 0.0479 e. The van der Waals surface area contributed by atoms with Crippen LogP contribution in [-0.4, -0.2) is 32.3 Å². The van der Waals surface area contributed by atoms with Crippen molar-refractivity contribution < 1.29 is 4.74 Å². The number of nitrogens with zero attached hydrogens (tertiary/aromatic N) is 2. The predicted octanol–water partition coefficient (Wildman–Crippen LogP) is 1.63. The second-order valence-corrected chi connectivity index (χ2v) is 4.32. The van der Waals surface area contributed by atoms with Crippen molar-refractivity contribution in [2.75, 3.05) is 32.2 Å². The van der Waals surface area contributed by atoms with Crippen LogP contribution in [0.5, 0.6) is 0 Å². The van der Waals surface area contributed by atoms with Gasteiger partial charge in [-0.2, -0.15) is 0 Å². The van der Waals surface area contributed by atoms with Crippen LogP contribution in [0.1, 0.15) is 23.4 Å². The number of hydrogen-bond acceptors (Lipinski definition) is 4. The Morgan fingerprint density at radius 2 is 2.12 bits per heavy atom. The summed E-state index contributed by atoms with van der Waals surface area (Å²) in [5.74, 6) is 0. The first kappa shape index (κ1) is 13.9. The number of nitrogens with two attached hydrogens (primary N) is 1. The van der Waals surface area contributed by atoms with E-state index in [1.807, 2.05) is 13.8 Å². The van der Waals surface area contributed by atoms with Gasteiger partial charge in [-0.3, -0.25) is 4.98 Å². The van der Waals surface area contributed by atoms with Crippen molar-refractivity contribution in [2.45, 2.75) is 26.8 Å². The summed E-state index contributed by atoms with van der Waals surface area (Å²) in [6, 6.07) is 2.10. The highest BCUT2D eigenvalue weighted by molar-refractivity contribution is 5.55. The molecule has 1 heterocycles. The molecule has 0 spiro atoms. The fourth-order valence-electron chi connectivity index (χ4n) is 1.99. The zero-order valence-electron chi connectivity index (χ0n) is 11.3. The highest BCUT2D eigenvalue weighted by Crippen LogP contribution is 2.22. The van der Waals surface area contributed by atoms with Crippen LogP contribution in [0.25, 0.3) is 0 Å². The Morgan fingerprint density at radius 3 is 2.71 bits per heavy atom. The van der Waals surface area contributed by atoms with Gasteiger partial charge in [-0.25, -0.2) is 0 Å². The van der Waals surface area contributed by atoms with Crippen molar-refractivity contribution in [1.82, 2.24) is 4.98 Å². The van der Waals surface area contributed by atoms with Gasteiger partial charge in [0, 0.05) is 56.5 Å². The Bertz CT molecular complexity index is 366. The minimum absolute atomic E-state index is 0.531. The number of pyridine rings is 1. The molecular formula is C13H23N3O. The molecule has 17 heavy (non-hydrogen) atoms. The van der Waals surface area contributed by atoms with Crippen LogP contribution in [0.4, 0.5) is 5.69 Å². The monoisotopic (exact) mass is 237 g/mol. The van der Waals surface area contributed by atoms with Gasteiger partial charge in [-0.1, -0.05) is 0 Å². The molecule has 4 nitrogen and oxygen atoms in total. The van der Waals surface area contributed by atoms with Crippen LogP contribution in [0.15, 0.2) is 6.07 Å². The van der Waals surface area contributed by atoms with Crippen molar-refractivity contribution in [3.8, 4) is 0 Å². The first-order chi connectivity index (χ1) is 8.10. The molecule has 0 aliphatic carbocycles. The molecule has 4 heteroatoms. The zero-order valence-corrected chi connectivity index (χ0v) is 11.3. The largest absolute Gasteiger partial charge is 0.385 e. The molecule has 1 rings (SSSR count). The van der Waals surface area contributed by atoms with Crippen molar-refractivity contribution >= 4 is 5.69 Å². The molecule has 0 radical (unpaired) electrons. The molecule has 0 saturated heterocycles. The Balaban J connectivity index is 2.87. The molecule has 2 N–H and O–H groups in total. The maximum atomic E-state index is 5.80. The maximum absolute atomic E-state index is 5.80. The van der Waals surface area contributed by atoms with Crippen molar-refractivity contribution in [3.05, 3.63) is 23.0 Å². The van der Waals surface area contributed by atoms with Crippen LogP contribution in [-0.2, 0) is 11.3 Å².